The fourth-order valence-electron chi connectivity index (χ4n) is 2.11. The van der Waals surface area contributed by atoms with Crippen molar-refractivity contribution in [3.8, 4) is 10.6 Å². The Morgan fingerprint density at radius 2 is 2.09 bits per heavy atom. The predicted molar refractivity (Wildman–Crippen MR) is 100 cm³/mol. The summed E-state index contributed by atoms with van der Waals surface area (Å²) in [6.07, 6.45) is 3.54. The van der Waals surface area contributed by atoms with E-state index in [1.165, 1.54) is 0 Å². The Bertz CT molecular complexity index is 833. The number of carbonyl (C=O) groups excluding carboxylic acids is 1. The molecule has 0 aliphatic rings. The number of hydrogen-bond donors (Lipinski definition) is 1. The molecule has 3 rings (SSSR count). The minimum absolute atomic E-state index is 0.0641. The molecule has 0 radical (unpaired) electrons. The fraction of sp³-hybridized carbons (Fsp3) is 0.118. The van der Waals surface area contributed by atoms with Crippen molar-refractivity contribution in [2.24, 2.45) is 0 Å². The third kappa shape index (κ3) is 3.76. The minimum Gasteiger partial charge on any atom is -0.347 e. The van der Waals surface area contributed by atoms with Crippen LogP contribution in [0.25, 0.3) is 10.6 Å². The Morgan fingerprint density at radius 1 is 1.26 bits per heavy atom. The lowest BCUT2D eigenvalue weighted by Gasteiger charge is -2.05. The van der Waals surface area contributed by atoms with Gasteiger partial charge in [0.25, 0.3) is 5.91 Å². The molecule has 0 unspecified atom stereocenters. The molecular formula is C17H14IN3OS. The zero-order valence-corrected chi connectivity index (χ0v) is 15.4. The van der Waals surface area contributed by atoms with E-state index in [0.29, 0.717) is 12.1 Å². The molecule has 116 valence electrons. The number of nitrogens with one attached hydrogen (secondary N) is 1. The van der Waals surface area contributed by atoms with E-state index < -0.39 is 0 Å². The zero-order chi connectivity index (χ0) is 16.2. The van der Waals surface area contributed by atoms with Crippen LogP contribution in [-0.2, 0) is 6.54 Å². The van der Waals surface area contributed by atoms with Crippen molar-refractivity contribution in [1.29, 1.82) is 0 Å². The first-order valence-corrected chi connectivity index (χ1v) is 8.94. The minimum atomic E-state index is -0.0641. The smallest absolute Gasteiger partial charge is 0.252 e. The van der Waals surface area contributed by atoms with Crippen LogP contribution >= 0.6 is 33.9 Å². The van der Waals surface area contributed by atoms with E-state index in [1.807, 2.05) is 43.3 Å². The van der Waals surface area contributed by atoms with E-state index in [9.17, 15) is 4.79 Å². The Balaban J connectivity index is 1.73. The van der Waals surface area contributed by atoms with Gasteiger partial charge in [-0.2, -0.15) is 0 Å². The monoisotopic (exact) mass is 435 g/mol. The van der Waals surface area contributed by atoms with Crippen molar-refractivity contribution < 1.29 is 4.79 Å². The van der Waals surface area contributed by atoms with Crippen molar-refractivity contribution in [1.82, 2.24) is 15.3 Å². The molecule has 0 atom stereocenters. The number of aromatic nitrogens is 2. The van der Waals surface area contributed by atoms with Gasteiger partial charge in [-0.15, -0.1) is 11.3 Å². The van der Waals surface area contributed by atoms with Gasteiger partial charge in [0, 0.05) is 26.4 Å². The Hall–Kier alpha value is -1.80. The summed E-state index contributed by atoms with van der Waals surface area (Å²) in [7, 11) is 0. The summed E-state index contributed by atoms with van der Waals surface area (Å²) in [6.45, 7) is 2.44. The summed E-state index contributed by atoms with van der Waals surface area (Å²) in [5, 5.41) is 3.90. The van der Waals surface area contributed by atoms with Crippen molar-refractivity contribution >= 4 is 39.8 Å². The van der Waals surface area contributed by atoms with Crippen LogP contribution < -0.4 is 5.32 Å². The standard InChI is InChI=1S/C17H14IN3OS/c1-11-15(23-17(21-11)12-5-4-8-19-9-12)10-20-16(22)13-6-2-3-7-14(13)18/h2-9H,10H2,1H3,(H,20,22). The topological polar surface area (TPSA) is 54.9 Å². The third-order valence-electron chi connectivity index (χ3n) is 3.33. The number of pyridine rings is 1. The molecule has 2 aromatic heterocycles. The molecule has 4 nitrogen and oxygen atoms in total. The van der Waals surface area contributed by atoms with Gasteiger partial charge >= 0.3 is 0 Å². The lowest BCUT2D eigenvalue weighted by molar-refractivity contribution is 0.0950. The molecular weight excluding hydrogens is 421 g/mol. The Morgan fingerprint density at radius 3 is 2.83 bits per heavy atom. The Labute approximate surface area is 152 Å². The molecule has 1 N–H and O–H groups in total. The summed E-state index contributed by atoms with van der Waals surface area (Å²) < 4.78 is 0.944. The second-order valence-electron chi connectivity index (χ2n) is 4.93. The van der Waals surface area contributed by atoms with Crippen molar-refractivity contribution in [2.45, 2.75) is 13.5 Å². The molecule has 0 aliphatic carbocycles. The number of carbonyl (C=O) groups is 1. The number of nitrogens with zero attached hydrogens (tertiary/aromatic N) is 2. The molecule has 0 spiro atoms. The fourth-order valence-corrected chi connectivity index (χ4v) is 3.73. The van der Waals surface area contributed by atoms with E-state index in [4.69, 9.17) is 0 Å². The van der Waals surface area contributed by atoms with Gasteiger partial charge in [0.1, 0.15) is 5.01 Å². The predicted octanol–water partition coefficient (Wildman–Crippen LogP) is 4.05. The molecule has 6 heteroatoms. The van der Waals surface area contributed by atoms with Crippen LogP contribution in [0.1, 0.15) is 20.9 Å². The lowest BCUT2D eigenvalue weighted by Crippen LogP contribution is -2.23. The maximum atomic E-state index is 12.3. The quantitative estimate of drug-likeness (QED) is 0.630. The second kappa shape index (κ2) is 7.18. The molecule has 3 aromatic rings. The molecule has 1 aromatic carbocycles. The van der Waals surface area contributed by atoms with Gasteiger partial charge < -0.3 is 5.32 Å². The zero-order valence-electron chi connectivity index (χ0n) is 12.4. The summed E-state index contributed by atoms with van der Waals surface area (Å²) in [4.78, 5) is 22.0. The van der Waals surface area contributed by atoms with E-state index >= 15 is 0 Å². The highest BCUT2D eigenvalue weighted by molar-refractivity contribution is 14.1. The summed E-state index contributed by atoms with van der Waals surface area (Å²) in [5.74, 6) is -0.0641. The number of halogens is 1. The molecule has 0 saturated heterocycles. The molecule has 0 fully saturated rings. The van der Waals surface area contributed by atoms with Crippen LogP contribution in [0.15, 0.2) is 48.8 Å². The van der Waals surface area contributed by atoms with Crippen molar-refractivity contribution in [2.75, 3.05) is 0 Å². The van der Waals surface area contributed by atoms with Gasteiger partial charge in [-0.3, -0.25) is 9.78 Å². The molecule has 0 saturated carbocycles. The first kappa shape index (κ1) is 16.1. The largest absolute Gasteiger partial charge is 0.347 e. The van der Waals surface area contributed by atoms with Gasteiger partial charge in [-0.1, -0.05) is 12.1 Å². The van der Waals surface area contributed by atoms with Crippen molar-refractivity contribution in [3.63, 3.8) is 0 Å². The van der Waals surface area contributed by atoms with E-state index in [1.54, 1.807) is 23.7 Å². The van der Waals surface area contributed by atoms with E-state index in [0.717, 1.165) is 24.7 Å². The van der Waals surface area contributed by atoms with Gasteiger partial charge in [-0.05, 0) is 53.8 Å². The first-order chi connectivity index (χ1) is 11.1. The van der Waals surface area contributed by atoms with Gasteiger partial charge in [-0.25, -0.2) is 4.98 Å². The first-order valence-electron chi connectivity index (χ1n) is 7.04. The number of thiazole rings is 1. The van der Waals surface area contributed by atoms with E-state index in [-0.39, 0.29) is 5.91 Å². The van der Waals surface area contributed by atoms with Crippen LogP contribution in [-0.4, -0.2) is 15.9 Å². The number of aryl methyl sites for hydroxylation is 1. The van der Waals surface area contributed by atoms with Gasteiger partial charge in [0.05, 0.1) is 17.8 Å². The summed E-state index contributed by atoms with van der Waals surface area (Å²) >= 11 is 3.76. The van der Waals surface area contributed by atoms with E-state index in [2.05, 4.69) is 37.9 Å². The average molecular weight is 435 g/mol. The van der Waals surface area contributed by atoms with Crippen LogP contribution in [0.4, 0.5) is 0 Å². The third-order valence-corrected chi connectivity index (χ3v) is 5.48. The molecule has 23 heavy (non-hydrogen) atoms. The van der Waals surface area contributed by atoms with Gasteiger partial charge in [0.2, 0.25) is 0 Å². The maximum absolute atomic E-state index is 12.3. The lowest BCUT2D eigenvalue weighted by atomic mass is 10.2. The van der Waals surface area contributed by atoms with Crippen molar-refractivity contribution in [3.05, 3.63) is 68.5 Å². The van der Waals surface area contributed by atoms with Crippen LogP contribution in [0, 0.1) is 10.5 Å². The molecule has 1 amide bonds. The average Bonchev–Trinajstić information content (AvgIpc) is 2.95. The molecule has 0 aliphatic heterocycles. The number of amides is 1. The SMILES string of the molecule is Cc1nc(-c2cccnc2)sc1CNC(=O)c1ccccc1I. The summed E-state index contributed by atoms with van der Waals surface area (Å²) in [6, 6.07) is 11.4. The number of rotatable bonds is 4. The number of hydrogen-bond acceptors (Lipinski definition) is 4. The Kier molecular flexibility index (Phi) is 5.02. The highest BCUT2D eigenvalue weighted by Crippen LogP contribution is 2.27. The second-order valence-corrected chi connectivity index (χ2v) is 7.18. The summed E-state index contributed by atoms with van der Waals surface area (Å²) in [5.41, 5.74) is 2.63. The van der Waals surface area contributed by atoms with Gasteiger partial charge in [0.15, 0.2) is 0 Å². The maximum Gasteiger partial charge on any atom is 0.252 e. The van der Waals surface area contributed by atoms with Crippen LogP contribution in [0.2, 0.25) is 0 Å². The molecule has 0 bridgehead atoms. The van der Waals surface area contributed by atoms with Crippen LogP contribution in [0.3, 0.4) is 0 Å². The highest BCUT2D eigenvalue weighted by Gasteiger charge is 2.13. The normalized spacial score (nSPS) is 10.5. The number of benzene rings is 1. The van der Waals surface area contributed by atoms with Crippen LogP contribution in [0.5, 0.6) is 0 Å². The molecule has 2 heterocycles. The highest BCUT2D eigenvalue weighted by atomic mass is 127.